The molecule has 0 aliphatic carbocycles. The third kappa shape index (κ3) is 4.31. The number of benzene rings is 1. The smallest absolute Gasteiger partial charge is 0.343 e. The summed E-state index contributed by atoms with van der Waals surface area (Å²) in [5.74, 6) is -1.26. The highest BCUT2D eigenvalue weighted by Crippen LogP contribution is 2.23. The van der Waals surface area contributed by atoms with E-state index in [1.807, 2.05) is 11.9 Å². The number of hydrogen-bond acceptors (Lipinski definition) is 4. The molecule has 0 unspecified atom stereocenters. The Bertz CT molecular complexity index is 488. The SMILES string of the molecule is CCCCCN(C)Cc1cccc([N+](=O)[O-])c1C(=O)O. The number of aromatic carboxylic acids is 1. The molecule has 6 heteroatoms. The number of hydrogen-bond donors (Lipinski definition) is 1. The highest BCUT2D eigenvalue weighted by Gasteiger charge is 2.23. The molecule has 1 aromatic rings. The van der Waals surface area contributed by atoms with E-state index in [2.05, 4.69) is 6.92 Å². The van der Waals surface area contributed by atoms with Crippen LogP contribution in [0.4, 0.5) is 5.69 Å². The molecule has 110 valence electrons. The summed E-state index contributed by atoms with van der Waals surface area (Å²) in [4.78, 5) is 23.5. The van der Waals surface area contributed by atoms with E-state index in [0.29, 0.717) is 12.1 Å². The number of nitro benzene ring substituents is 1. The van der Waals surface area contributed by atoms with E-state index in [9.17, 15) is 20.0 Å². The summed E-state index contributed by atoms with van der Waals surface area (Å²) in [5, 5.41) is 20.1. The van der Waals surface area contributed by atoms with Crippen molar-refractivity contribution >= 4 is 11.7 Å². The maximum absolute atomic E-state index is 11.3. The first kappa shape index (κ1) is 16.1. The van der Waals surface area contributed by atoms with Gasteiger partial charge in [0.05, 0.1) is 4.92 Å². The van der Waals surface area contributed by atoms with Gasteiger partial charge in [-0.25, -0.2) is 4.79 Å². The van der Waals surface area contributed by atoms with Gasteiger partial charge in [0, 0.05) is 12.6 Å². The molecule has 0 aromatic heterocycles. The quantitative estimate of drug-likeness (QED) is 0.449. The first-order valence-electron chi connectivity index (χ1n) is 6.65. The van der Waals surface area contributed by atoms with Gasteiger partial charge in [0.15, 0.2) is 0 Å². The molecule has 0 atom stereocenters. The van der Waals surface area contributed by atoms with Gasteiger partial charge in [-0.15, -0.1) is 0 Å². The van der Waals surface area contributed by atoms with E-state index in [1.54, 1.807) is 6.07 Å². The van der Waals surface area contributed by atoms with E-state index in [1.165, 1.54) is 12.1 Å². The van der Waals surface area contributed by atoms with Crippen molar-refractivity contribution in [1.29, 1.82) is 0 Å². The molecular formula is C14H20N2O4. The summed E-state index contributed by atoms with van der Waals surface area (Å²) in [6, 6.07) is 4.39. The minimum absolute atomic E-state index is 0.208. The van der Waals surface area contributed by atoms with Gasteiger partial charge in [-0.1, -0.05) is 31.9 Å². The third-order valence-electron chi connectivity index (χ3n) is 3.12. The predicted molar refractivity (Wildman–Crippen MR) is 75.9 cm³/mol. The average Bonchev–Trinajstić information content (AvgIpc) is 2.38. The number of nitro groups is 1. The lowest BCUT2D eigenvalue weighted by molar-refractivity contribution is -0.385. The minimum Gasteiger partial charge on any atom is -0.477 e. The Kier molecular flexibility index (Phi) is 6.11. The molecular weight excluding hydrogens is 260 g/mol. The fourth-order valence-corrected chi connectivity index (χ4v) is 2.12. The van der Waals surface area contributed by atoms with Crippen molar-refractivity contribution in [3.8, 4) is 0 Å². The second-order valence-corrected chi connectivity index (χ2v) is 4.82. The van der Waals surface area contributed by atoms with Crippen molar-refractivity contribution in [3.05, 3.63) is 39.4 Å². The van der Waals surface area contributed by atoms with Crippen molar-refractivity contribution < 1.29 is 14.8 Å². The topological polar surface area (TPSA) is 83.7 Å². The summed E-state index contributed by atoms with van der Waals surface area (Å²) in [6.45, 7) is 3.35. The molecule has 6 nitrogen and oxygen atoms in total. The Morgan fingerprint density at radius 3 is 2.65 bits per heavy atom. The summed E-state index contributed by atoms with van der Waals surface area (Å²) in [7, 11) is 1.89. The maximum Gasteiger partial charge on any atom is 0.343 e. The van der Waals surface area contributed by atoms with Crippen LogP contribution in [-0.2, 0) is 6.54 Å². The summed E-state index contributed by atoms with van der Waals surface area (Å²) >= 11 is 0. The van der Waals surface area contributed by atoms with Crippen LogP contribution in [0.1, 0.15) is 42.1 Å². The molecule has 0 fully saturated rings. The van der Waals surface area contributed by atoms with Crippen LogP contribution >= 0.6 is 0 Å². The molecule has 20 heavy (non-hydrogen) atoms. The Morgan fingerprint density at radius 1 is 1.40 bits per heavy atom. The predicted octanol–water partition coefficient (Wildman–Crippen LogP) is 2.92. The summed E-state index contributed by atoms with van der Waals surface area (Å²) in [5.41, 5.74) is -0.0810. The van der Waals surface area contributed by atoms with Crippen molar-refractivity contribution in [2.24, 2.45) is 0 Å². The normalized spacial score (nSPS) is 10.8. The first-order chi connectivity index (χ1) is 9.47. The molecule has 0 saturated carbocycles. The zero-order valence-corrected chi connectivity index (χ0v) is 11.8. The van der Waals surface area contributed by atoms with Crippen molar-refractivity contribution in [2.75, 3.05) is 13.6 Å². The zero-order chi connectivity index (χ0) is 15.1. The van der Waals surface area contributed by atoms with Gasteiger partial charge in [0.2, 0.25) is 0 Å². The lowest BCUT2D eigenvalue weighted by atomic mass is 10.0. The standard InChI is InChI=1S/C14H20N2O4/c1-3-4-5-9-15(2)10-11-7-6-8-12(16(19)20)13(11)14(17)18/h6-8H,3-5,9-10H2,1-2H3,(H,17,18). The van der Waals surface area contributed by atoms with Gasteiger partial charge < -0.3 is 10.0 Å². The lowest BCUT2D eigenvalue weighted by Gasteiger charge is -2.17. The van der Waals surface area contributed by atoms with E-state index in [4.69, 9.17) is 0 Å². The number of carboxylic acids is 1. The lowest BCUT2D eigenvalue weighted by Crippen LogP contribution is -2.21. The van der Waals surface area contributed by atoms with Gasteiger partial charge >= 0.3 is 5.97 Å². The van der Waals surface area contributed by atoms with Crippen molar-refractivity contribution in [1.82, 2.24) is 4.90 Å². The van der Waals surface area contributed by atoms with Crippen LogP contribution < -0.4 is 0 Å². The van der Waals surface area contributed by atoms with Crippen molar-refractivity contribution in [3.63, 3.8) is 0 Å². The van der Waals surface area contributed by atoms with Crippen LogP contribution in [0.2, 0.25) is 0 Å². The average molecular weight is 280 g/mol. The van der Waals surface area contributed by atoms with Crippen LogP contribution in [0, 0.1) is 10.1 Å². The molecule has 0 amide bonds. The van der Waals surface area contributed by atoms with Crippen LogP contribution in [0.25, 0.3) is 0 Å². The van der Waals surface area contributed by atoms with Crippen LogP contribution in [0.5, 0.6) is 0 Å². The third-order valence-corrected chi connectivity index (χ3v) is 3.12. The van der Waals surface area contributed by atoms with E-state index in [-0.39, 0.29) is 11.3 Å². The monoisotopic (exact) mass is 280 g/mol. The fourth-order valence-electron chi connectivity index (χ4n) is 2.12. The number of nitrogens with zero attached hydrogens (tertiary/aromatic N) is 2. The molecule has 0 heterocycles. The first-order valence-corrected chi connectivity index (χ1v) is 6.65. The van der Waals surface area contributed by atoms with Gasteiger partial charge in [-0.05, 0) is 25.6 Å². The van der Waals surface area contributed by atoms with Gasteiger partial charge in [-0.2, -0.15) is 0 Å². The van der Waals surface area contributed by atoms with E-state index < -0.39 is 10.9 Å². The van der Waals surface area contributed by atoms with Gasteiger partial charge in [0.25, 0.3) is 5.69 Å². The largest absolute Gasteiger partial charge is 0.477 e. The molecule has 0 saturated heterocycles. The number of carbonyl (C=O) groups is 1. The molecule has 1 aromatic carbocycles. The Balaban J connectivity index is 2.92. The van der Waals surface area contributed by atoms with Crippen molar-refractivity contribution in [2.45, 2.75) is 32.7 Å². The summed E-state index contributed by atoms with van der Waals surface area (Å²) in [6.07, 6.45) is 3.26. The maximum atomic E-state index is 11.3. The molecule has 1 rings (SSSR count). The fraction of sp³-hybridized carbons (Fsp3) is 0.500. The molecule has 0 aliphatic heterocycles. The number of unbranched alkanes of at least 4 members (excludes halogenated alkanes) is 2. The number of rotatable bonds is 8. The minimum atomic E-state index is -1.26. The summed E-state index contributed by atoms with van der Waals surface area (Å²) < 4.78 is 0. The van der Waals surface area contributed by atoms with E-state index in [0.717, 1.165) is 25.8 Å². The highest BCUT2D eigenvalue weighted by atomic mass is 16.6. The highest BCUT2D eigenvalue weighted by molar-refractivity contribution is 5.94. The van der Waals surface area contributed by atoms with Gasteiger partial charge in [-0.3, -0.25) is 10.1 Å². The molecule has 0 aliphatic rings. The Morgan fingerprint density at radius 2 is 2.10 bits per heavy atom. The molecule has 0 bridgehead atoms. The Labute approximate surface area is 118 Å². The number of carboxylic acid groups (broad SMARTS) is 1. The van der Waals surface area contributed by atoms with Crippen LogP contribution in [-0.4, -0.2) is 34.5 Å². The second-order valence-electron chi connectivity index (χ2n) is 4.82. The van der Waals surface area contributed by atoms with Crippen LogP contribution in [0.15, 0.2) is 18.2 Å². The molecule has 1 N–H and O–H groups in total. The molecule has 0 radical (unpaired) electrons. The second kappa shape index (κ2) is 7.59. The van der Waals surface area contributed by atoms with Crippen LogP contribution in [0.3, 0.4) is 0 Å². The Hall–Kier alpha value is -1.95. The van der Waals surface area contributed by atoms with E-state index >= 15 is 0 Å². The zero-order valence-electron chi connectivity index (χ0n) is 11.8. The van der Waals surface area contributed by atoms with Gasteiger partial charge in [0.1, 0.15) is 5.56 Å². The molecule has 0 spiro atoms.